The van der Waals surface area contributed by atoms with Crippen LogP contribution in [0.3, 0.4) is 0 Å². The highest BCUT2D eigenvalue weighted by Gasteiger charge is 2.15. The van der Waals surface area contributed by atoms with Crippen molar-refractivity contribution in [3.8, 4) is 0 Å². The highest BCUT2D eigenvalue weighted by atomic mass is 32.2. The molecular formula is C9H16OS. The fourth-order valence-corrected chi connectivity index (χ4v) is 2.81. The molecule has 0 bridgehead atoms. The molecular weight excluding hydrogens is 156 g/mol. The van der Waals surface area contributed by atoms with Gasteiger partial charge in [-0.1, -0.05) is 19.3 Å². The number of thioether (sulfide) groups is 1. The van der Waals surface area contributed by atoms with Crippen LogP contribution < -0.4 is 0 Å². The molecule has 0 saturated heterocycles. The van der Waals surface area contributed by atoms with E-state index >= 15 is 0 Å². The van der Waals surface area contributed by atoms with Crippen molar-refractivity contribution in [2.75, 3.05) is 0 Å². The van der Waals surface area contributed by atoms with Crippen molar-refractivity contribution in [3.05, 3.63) is 0 Å². The minimum absolute atomic E-state index is 0.207. The molecule has 0 aromatic heterocycles. The first-order valence-corrected chi connectivity index (χ1v) is 5.38. The molecule has 0 radical (unpaired) electrons. The Labute approximate surface area is 72.9 Å². The first-order valence-electron chi connectivity index (χ1n) is 4.43. The summed E-state index contributed by atoms with van der Waals surface area (Å²) in [5.74, 6) is 0. The Morgan fingerprint density at radius 1 is 1.36 bits per heavy atom. The lowest BCUT2D eigenvalue weighted by Crippen LogP contribution is -2.12. The average Bonchev–Trinajstić information content (AvgIpc) is 2.06. The van der Waals surface area contributed by atoms with Gasteiger partial charge >= 0.3 is 0 Å². The van der Waals surface area contributed by atoms with Crippen molar-refractivity contribution in [3.63, 3.8) is 0 Å². The van der Waals surface area contributed by atoms with Crippen LogP contribution in [0.15, 0.2) is 0 Å². The second kappa shape index (κ2) is 4.81. The molecule has 1 saturated carbocycles. The van der Waals surface area contributed by atoms with E-state index in [0.717, 1.165) is 11.5 Å². The monoisotopic (exact) mass is 172 g/mol. The Morgan fingerprint density at radius 2 is 2.00 bits per heavy atom. The Hall–Kier alpha value is 0.0200. The van der Waals surface area contributed by atoms with E-state index in [1.165, 1.54) is 32.1 Å². The van der Waals surface area contributed by atoms with E-state index in [-0.39, 0.29) is 5.25 Å². The van der Waals surface area contributed by atoms with Crippen molar-refractivity contribution in [2.24, 2.45) is 0 Å². The number of hydrogen-bond acceptors (Lipinski definition) is 2. The quantitative estimate of drug-likeness (QED) is 0.609. The first kappa shape index (κ1) is 9.11. The third kappa shape index (κ3) is 3.28. The molecule has 0 heterocycles. The fraction of sp³-hybridized carbons (Fsp3) is 0.889. The van der Waals surface area contributed by atoms with Crippen LogP contribution in [0.4, 0.5) is 0 Å². The molecule has 0 N–H and O–H groups in total. The van der Waals surface area contributed by atoms with E-state index in [9.17, 15) is 4.79 Å². The van der Waals surface area contributed by atoms with E-state index in [4.69, 9.17) is 0 Å². The van der Waals surface area contributed by atoms with Crippen LogP contribution in [0.2, 0.25) is 0 Å². The summed E-state index contributed by atoms with van der Waals surface area (Å²) >= 11 is 1.85. The summed E-state index contributed by atoms with van der Waals surface area (Å²) in [5, 5.41) is 0.974. The minimum atomic E-state index is 0.207. The SMILES string of the molecule is CC(C=O)SC1CCCCC1. The van der Waals surface area contributed by atoms with Gasteiger partial charge in [-0.3, -0.25) is 0 Å². The second-order valence-corrected chi connectivity index (χ2v) is 4.92. The maximum atomic E-state index is 10.4. The van der Waals surface area contributed by atoms with Crippen LogP contribution >= 0.6 is 11.8 Å². The second-order valence-electron chi connectivity index (χ2n) is 3.24. The molecule has 11 heavy (non-hydrogen) atoms. The Kier molecular flexibility index (Phi) is 3.98. The molecule has 1 atom stereocenters. The number of hydrogen-bond donors (Lipinski definition) is 0. The zero-order valence-corrected chi connectivity index (χ0v) is 7.90. The van der Waals surface area contributed by atoms with E-state index in [1.807, 2.05) is 18.7 Å². The standard InChI is InChI=1S/C9H16OS/c1-8(7-10)11-9-5-3-2-4-6-9/h7-9H,2-6H2,1H3. The summed E-state index contributed by atoms with van der Waals surface area (Å²) in [5.41, 5.74) is 0. The summed E-state index contributed by atoms with van der Waals surface area (Å²) in [6.07, 6.45) is 7.82. The molecule has 1 aliphatic carbocycles. The van der Waals surface area contributed by atoms with Crippen molar-refractivity contribution >= 4 is 18.0 Å². The lowest BCUT2D eigenvalue weighted by Gasteiger charge is -2.21. The van der Waals surface area contributed by atoms with Crippen LogP contribution in [0, 0.1) is 0 Å². The molecule has 64 valence electrons. The molecule has 1 fully saturated rings. The molecule has 0 amide bonds. The third-order valence-electron chi connectivity index (χ3n) is 2.15. The largest absolute Gasteiger partial charge is 0.302 e. The number of carbonyl (C=O) groups excluding carboxylic acids is 1. The van der Waals surface area contributed by atoms with Crippen molar-refractivity contribution in [1.29, 1.82) is 0 Å². The van der Waals surface area contributed by atoms with Gasteiger partial charge in [0.25, 0.3) is 0 Å². The van der Waals surface area contributed by atoms with Crippen molar-refractivity contribution in [2.45, 2.75) is 49.5 Å². The average molecular weight is 172 g/mol. The van der Waals surface area contributed by atoms with E-state index in [2.05, 4.69) is 0 Å². The van der Waals surface area contributed by atoms with E-state index in [0.29, 0.717) is 0 Å². The highest BCUT2D eigenvalue weighted by molar-refractivity contribution is 8.01. The van der Waals surface area contributed by atoms with Crippen LogP contribution in [-0.4, -0.2) is 16.8 Å². The number of carbonyl (C=O) groups is 1. The summed E-state index contributed by atoms with van der Waals surface area (Å²) in [6, 6.07) is 0. The van der Waals surface area contributed by atoms with Crippen LogP contribution in [0.5, 0.6) is 0 Å². The van der Waals surface area contributed by atoms with E-state index in [1.54, 1.807) is 0 Å². The molecule has 1 unspecified atom stereocenters. The molecule has 1 aliphatic rings. The molecule has 1 rings (SSSR count). The summed E-state index contributed by atoms with van der Waals surface area (Å²) in [6.45, 7) is 1.99. The smallest absolute Gasteiger partial charge is 0.132 e. The van der Waals surface area contributed by atoms with Crippen molar-refractivity contribution in [1.82, 2.24) is 0 Å². The van der Waals surface area contributed by atoms with Crippen LogP contribution in [-0.2, 0) is 4.79 Å². The maximum absolute atomic E-state index is 10.4. The lowest BCUT2D eigenvalue weighted by atomic mass is 10.0. The minimum Gasteiger partial charge on any atom is -0.302 e. The molecule has 1 nitrogen and oxygen atoms in total. The Bertz CT molecular complexity index is 119. The summed E-state index contributed by atoms with van der Waals surface area (Å²) < 4.78 is 0. The maximum Gasteiger partial charge on any atom is 0.132 e. The zero-order chi connectivity index (χ0) is 8.10. The molecule has 0 aliphatic heterocycles. The van der Waals surface area contributed by atoms with Gasteiger partial charge in [-0.25, -0.2) is 0 Å². The van der Waals surface area contributed by atoms with Gasteiger partial charge in [0.1, 0.15) is 6.29 Å². The third-order valence-corrected chi connectivity index (χ3v) is 3.55. The highest BCUT2D eigenvalue weighted by Crippen LogP contribution is 2.30. The van der Waals surface area contributed by atoms with Gasteiger partial charge in [0.15, 0.2) is 0 Å². The Balaban J connectivity index is 2.18. The summed E-state index contributed by atoms with van der Waals surface area (Å²) in [4.78, 5) is 10.4. The Morgan fingerprint density at radius 3 is 2.55 bits per heavy atom. The fourth-order valence-electron chi connectivity index (χ4n) is 1.54. The lowest BCUT2D eigenvalue weighted by molar-refractivity contribution is -0.107. The van der Waals surface area contributed by atoms with Gasteiger partial charge in [0.05, 0.1) is 5.25 Å². The molecule has 2 heteroatoms. The molecule has 0 spiro atoms. The van der Waals surface area contributed by atoms with Gasteiger partial charge in [0, 0.05) is 5.25 Å². The normalized spacial score (nSPS) is 23.0. The van der Waals surface area contributed by atoms with Gasteiger partial charge in [-0.2, -0.15) is 0 Å². The van der Waals surface area contributed by atoms with Gasteiger partial charge in [-0.05, 0) is 19.8 Å². The molecule has 0 aromatic carbocycles. The zero-order valence-electron chi connectivity index (χ0n) is 7.08. The predicted octanol–water partition coefficient (Wildman–Crippen LogP) is 2.64. The van der Waals surface area contributed by atoms with Crippen LogP contribution in [0.25, 0.3) is 0 Å². The van der Waals surface area contributed by atoms with E-state index < -0.39 is 0 Å². The topological polar surface area (TPSA) is 17.1 Å². The van der Waals surface area contributed by atoms with Crippen LogP contribution in [0.1, 0.15) is 39.0 Å². The number of aldehydes is 1. The van der Waals surface area contributed by atoms with Crippen molar-refractivity contribution < 1.29 is 4.79 Å². The summed E-state index contributed by atoms with van der Waals surface area (Å²) in [7, 11) is 0. The van der Waals surface area contributed by atoms with Gasteiger partial charge in [-0.15, -0.1) is 11.8 Å². The first-order chi connectivity index (χ1) is 5.33. The predicted molar refractivity (Wildman–Crippen MR) is 50.0 cm³/mol. The molecule has 0 aromatic rings. The van der Waals surface area contributed by atoms with Gasteiger partial charge < -0.3 is 4.79 Å². The number of rotatable bonds is 3. The van der Waals surface area contributed by atoms with Gasteiger partial charge in [0.2, 0.25) is 0 Å².